The van der Waals surface area contributed by atoms with Gasteiger partial charge in [-0.15, -0.1) is 0 Å². The van der Waals surface area contributed by atoms with Crippen molar-refractivity contribution in [2.45, 2.75) is 32.3 Å². The largest absolute Gasteiger partial charge is 0.481 e. The third kappa shape index (κ3) is 2.00. The zero-order chi connectivity index (χ0) is 11.0. The first-order valence-electron chi connectivity index (χ1n) is 5.39. The van der Waals surface area contributed by atoms with E-state index in [9.17, 15) is 5.11 Å². The third-order valence-electron chi connectivity index (χ3n) is 2.99. The number of methoxy groups -OCH3 is 1. The maximum Gasteiger partial charge on any atom is 0.217 e. The van der Waals surface area contributed by atoms with E-state index in [0.29, 0.717) is 11.8 Å². The second-order valence-electron chi connectivity index (χ2n) is 4.33. The molecule has 0 radical (unpaired) electrons. The first-order chi connectivity index (χ1) is 7.13. The molecule has 1 N–H and O–H groups in total. The monoisotopic (exact) mass is 210 g/mol. The molecule has 0 amide bonds. The lowest BCUT2D eigenvalue weighted by molar-refractivity contribution is 0.155. The number of nitrogens with zero attached hydrogens (tertiary/aromatic N) is 2. The van der Waals surface area contributed by atoms with Gasteiger partial charge in [-0.1, -0.05) is 12.8 Å². The summed E-state index contributed by atoms with van der Waals surface area (Å²) >= 11 is 0. The molecule has 4 nitrogen and oxygen atoms in total. The van der Waals surface area contributed by atoms with Crippen LogP contribution in [0.25, 0.3) is 0 Å². The molecular formula is C11H18N2O2. The molecule has 1 aliphatic rings. The van der Waals surface area contributed by atoms with E-state index < -0.39 is 6.10 Å². The standard InChI is InChI=1S/C11H18N2O2/c1-7-10(9(14)6-8-4-5-8)11(15-3)13(2)12-7/h8-9,14H,4-6H2,1-3H3. The highest BCUT2D eigenvalue weighted by Crippen LogP contribution is 2.40. The van der Waals surface area contributed by atoms with Gasteiger partial charge < -0.3 is 9.84 Å². The van der Waals surface area contributed by atoms with Crippen LogP contribution in [0, 0.1) is 12.8 Å². The first-order valence-corrected chi connectivity index (χ1v) is 5.39. The Labute approximate surface area is 89.9 Å². The maximum atomic E-state index is 10.1. The topological polar surface area (TPSA) is 47.3 Å². The minimum absolute atomic E-state index is 0.429. The highest BCUT2D eigenvalue weighted by molar-refractivity contribution is 5.33. The Balaban J connectivity index is 2.23. The van der Waals surface area contributed by atoms with E-state index in [1.54, 1.807) is 11.8 Å². The molecular weight excluding hydrogens is 192 g/mol. The van der Waals surface area contributed by atoms with Gasteiger partial charge in [-0.25, -0.2) is 4.68 Å². The van der Waals surface area contributed by atoms with E-state index in [2.05, 4.69) is 5.10 Å². The van der Waals surface area contributed by atoms with Crippen LogP contribution in [-0.2, 0) is 7.05 Å². The van der Waals surface area contributed by atoms with E-state index in [1.807, 2.05) is 14.0 Å². The predicted molar refractivity (Wildman–Crippen MR) is 56.8 cm³/mol. The van der Waals surface area contributed by atoms with Gasteiger partial charge in [-0.05, 0) is 19.3 Å². The van der Waals surface area contributed by atoms with Crippen LogP contribution in [0.15, 0.2) is 0 Å². The van der Waals surface area contributed by atoms with Gasteiger partial charge in [0.15, 0.2) is 0 Å². The summed E-state index contributed by atoms with van der Waals surface area (Å²) in [6, 6.07) is 0. The van der Waals surface area contributed by atoms with Crippen LogP contribution in [0.4, 0.5) is 0 Å². The van der Waals surface area contributed by atoms with Gasteiger partial charge in [0.2, 0.25) is 5.88 Å². The van der Waals surface area contributed by atoms with Crippen molar-refractivity contribution in [2.24, 2.45) is 13.0 Å². The Morgan fingerprint density at radius 3 is 2.80 bits per heavy atom. The summed E-state index contributed by atoms with van der Waals surface area (Å²) in [4.78, 5) is 0. The number of ether oxygens (including phenoxy) is 1. The van der Waals surface area contributed by atoms with Crippen LogP contribution < -0.4 is 4.74 Å². The van der Waals surface area contributed by atoms with E-state index in [4.69, 9.17) is 4.74 Å². The molecule has 0 spiro atoms. The summed E-state index contributed by atoms with van der Waals surface area (Å²) in [6.45, 7) is 1.91. The SMILES string of the molecule is COc1c(C(O)CC2CC2)c(C)nn1C. The number of aryl methyl sites for hydroxylation is 2. The number of hydrogen-bond donors (Lipinski definition) is 1. The molecule has 0 saturated heterocycles. The molecule has 1 aromatic heterocycles. The Kier molecular flexibility index (Phi) is 2.69. The highest BCUT2D eigenvalue weighted by Gasteiger charge is 2.29. The van der Waals surface area contributed by atoms with Crippen molar-refractivity contribution in [1.82, 2.24) is 9.78 Å². The normalized spacial score (nSPS) is 17.9. The fraction of sp³-hybridized carbons (Fsp3) is 0.727. The third-order valence-corrected chi connectivity index (χ3v) is 2.99. The quantitative estimate of drug-likeness (QED) is 0.820. The lowest BCUT2D eigenvalue weighted by atomic mass is 10.0. The number of aromatic nitrogens is 2. The van der Waals surface area contributed by atoms with Gasteiger partial charge in [0.1, 0.15) is 0 Å². The fourth-order valence-electron chi connectivity index (χ4n) is 2.07. The van der Waals surface area contributed by atoms with E-state index >= 15 is 0 Å². The Bertz CT molecular complexity index is 356. The molecule has 1 heterocycles. The summed E-state index contributed by atoms with van der Waals surface area (Å²) in [7, 11) is 3.45. The second kappa shape index (κ2) is 3.85. The zero-order valence-corrected chi connectivity index (χ0v) is 9.53. The summed E-state index contributed by atoms with van der Waals surface area (Å²) in [5.41, 5.74) is 1.72. The Hall–Kier alpha value is -1.03. The van der Waals surface area contributed by atoms with Crippen LogP contribution >= 0.6 is 0 Å². The molecule has 2 rings (SSSR count). The summed E-state index contributed by atoms with van der Waals surface area (Å²) in [6.07, 6.45) is 2.90. The van der Waals surface area contributed by atoms with Crippen LogP contribution in [0.3, 0.4) is 0 Å². The van der Waals surface area contributed by atoms with Crippen LogP contribution in [-0.4, -0.2) is 22.0 Å². The van der Waals surface area contributed by atoms with Crippen LogP contribution in [0.2, 0.25) is 0 Å². The summed E-state index contributed by atoms with van der Waals surface area (Å²) in [5, 5.41) is 14.4. The molecule has 1 atom stereocenters. The second-order valence-corrected chi connectivity index (χ2v) is 4.33. The average Bonchev–Trinajstić information content (AvgIpc) is 2.91. The molecule has 0 aliphatic heterocycles. The Morgan fingerprint density at radius 2 is 2.27 bits per heavy atom. The average molecular weight is 210 g/mol. The van der Waals surface area contributed by atoms with Gasteiger partial charge >= 0.3 is 0 Å². The maximum absolute atomic E-state index is 10.1. The lowest BCUT2D eigenvalue weighted by Gasteiger charge is -2.11. The molecule has 84 valence electrons. The molecule has 1 aromatic rings. The highest BCUT2D eigenvalue weighted by atomic mass is 16.5. The van der Waals surface area contributed by atoms with E-state index in [0.717, 1.165) is 17.7 Å². The first kappa shape index (κ1) is 10.5. The molecule has 0 bridgehead atoms. The summed E-state index contributed by atoms with van der Waals surface area (Å²) < 4.78 is 6.94. The van der Waals surface area contributed by atoms with Crippen molar-refractivity contribution in [3.63, 3.8) is 0 Å². The van der Waals surface area contributed by atoms with Crippen LogP contribution in [0.5, 0.6) is 5.88 Å². The minimum atomic E-state index is -0.429. The molecule has 1 unspecified atom stereocenters. The van der Waals surface area contributed by atoms with Crippen molar-refractivity contribution < 1.29 is 9.84 Å². The van der Waals surface area contributed by atoms with Crippen molar-refractivity contribution >= 4 is 0 Å². The van der Waals surface area contributed by atoms with Crippen LogP contribution in [0.1, 0.15) is 36.6 Å². The predicted octanol–water partition coefficient (Wildman–Crippen LogP) is 1.57. The molecule has 15 heavy (non-hydrogen) atoms. The number of aliphatic hydroxyl groups excluding tert-OH is 1. The molecule has 1 aliphatic carbocycles. The molecule has 1 fully saturated rings. The van der Waals surface area contributed by atoms with Gasteiger partial charge in [0.05, 0.1) is 24.5 Å². The van der Waals surface area contributed by atoms with Crippen molar-refractivity contribution in [3.05, 3.63) is 11.3 Å². The number of rotatable bonds is 4. The Morgan fingerprint density at radius 1 is 1.60 bits per heavy atom. The smallest absolute Gasteiger partial charge is 0.217 e. The lowest BCUT2D eigenvalue weighted by Crippen LogP contribution is -2.03. The van der Waals surface area contributed by atoms with Crippen molar-refractivity contribution in [3.8, 4) is 5.88 Å². The van der Waals surface area contributed by atoms with E-state index in [-0.39, 0.29) is 0 Å². The van der Waals surface area contributed by atoms with Gasteiger partial charge in [0, 0.05) is 7.05 Å². The zero-order valence-electron chi connectivity index (χ0n) is 9.53. The number of aliphatic hydroxyl groups is 1. The fourth-order valence-corrected chi connectivity index (χ4v) is 2.07. The van der Waals surface area contributed by atoms with Gasteiger partial charge in [-0.3, -0.25) is 0 Å². The molecule has 0 aromatic carbocycles. The minimum Gasteiger partial charge on any atom is -0.481 e. The van der Waals surface area contributed by atoms with Crippen molar-refractivity contribution in [2.75, 3.05) is 7.11 Å². The van der Waals surface area contributed by atoms with Gasteiger partial charge in [0.25, 0.3) is 0 Å². The van der Waals surface area contributed by atoms with Gasteiger partial charge in [-0.2, -0.15) is 5.10 Å². The number of hydrogen-bond acceptors (Lipinski definition) is 3. The molecule has 1 saturated carbocycles. The van der Waals surface area contributed by atoms with E-state index in [1.165, 1.54) is 12.8 Å². The summed E-state index contributed by atoms with van der Waals surface area (Å²) in [5.74, 6) is 1.38. The van der Waals surface area contributed by atoms with Crippen molar-refractivity contribution in [1.29, 1.82) is 0 Å². The molecule has 4 heteroatoms.